The summed E-state index contributed by atoms with van der Waals surface area (Å²) >= 11 is 1.72. The molecule has 0 aliphatic heterocycles. The Morgan fingerprint density at radius 1 is 1.29 bits per heavy atom. The van der Waals surface area contributed by atoms with Gasteiger partial charge in [-0.1, -0.05) is 0 Å². The number of benzene rings is 1. The van der Waals surface area contributed by atoms with Crippen LogP contribution in [0.4, 0.5) is 4.39 Å². The van der Waals surface area contributed by atoms with Gasteiger partial charge in [0.1, 0.15) is 18.7 Å². The zero-order valence-electron chi connectivity index (χ0n) is 14.0. The van der Waals surface area contributed by atoms with E-state index in [-0.39, 0.29) is 5.82 Å². The Morgan fingerprint density at radius 3 is 2.75 bits per heavy atom. The number of aryl methyl sites for hydroxylation is 1. The Labute approximate surface area is 146 Å². The summed E-state index contributed by atoms with van der Waals surface area (Å²) in [5, 5.41) is 14.4. The fraction of sp³-hybridized carbons (Fsp3) is 0.438. The van der Waals surface area contributed by atoms with Crippen LogP contribution in [0.2, 0.25) is 0 Å². The fourth-order valence-electron chi connectivity index (χ4n) is 1.94. The number of aromatic nitrogens is 3. The van der Waals surface area contributed by atoms with Crippen LogP contribution in [0.15, 0.2) is 40.5 Å². The molecule has 0 bridgehead atoms. The number of nitrogens with one attached hydrogen (secondary N) is 2. The van der Waals surface area contributed by atoms with E-state index in [4.69, 9.17) is 0 Å². The number of thioether (sulfide) groups is 1. The third-order valence-corrected chi connectivity index (χ3v) is 4.32. The van der Waals surface area contributed by atoms with Crippen LogP contribution < -0.4 is 10.6 Å². The number of aliphatic imine (C=N–C) groups is 1. The first kappa shape index (κ1) is 18.3. The van der Waals surface area contributed by atoms with Crippen molar-refractivity contribution in [3.63, 3.8) is 0 Å². The molecule has 0 saturated carbocycles. The van der Waals surface area contributed by atoms with Gasteiger partial charge in [-0.15, -0.1) is 22.0 Å². The van der Waals surface area contributed by atoms with Crippen molar-refractivity contribution in [3.8, 4) is 0 Å². The number of hydrogen-bond acceptors (Lipinski definition) is 4. The molecular formula is C16H23FN6S. The summed E-state index contributed by atoms with van der Waals surface area (Å²) in [6.07, 6.45) is 2.65. The molecular weight excluding hydrogens is 327 g/mol. The highest BCUT2D eigenvalue weighted by molar-refractivity contribution is 7.99. The lowest BCUT2D eigenvalue weighted by Crippen LogP contribution is -2.38. The van der Waals surface area contributed by atoms with Crippen molar-refractivity contribution < 1.29 is 4.39 Å². The van der Waals surface area contributed by atoms with Gasteiger partial charge in [0.05, 0.1) is 0 Å². The maximum absolute atomic E-state index is 12.8. The van der Waals surface area contributed by atoms with E-state index in [0.717, 1.165) is 41.9 Å². The maximum atomic E-state index is 12.8. The van der Waals surface area contributed by atoms with E-state index in [1.807, 2.05) is 18.5 Å². The third-order valence-electron chi connectivity index (χ3n) is 3.22. The molecule has 1 aromatic heterocycles. The van der Waals surface area contributed by atoms with Gasteiger partial charge in [-0.3, -0.25) is 0 Å². The second kappa shape index (κ2) is 9.92. The molecule has 0 atom stereocenters. The number of nitrogens with zero attached hydrogens (tertiary/aromatic N) is 4. The fourth-order valence-corrected chi connectivity index (χ4v) is 2.79. The summed E-state index contributed by atoms with van der Waals surface area (Å²) in [6.45, 7) is 4.13. The van der Waals surface area contributed by atoms with E-state index in [1.54, 1.807) is 30.2 Å². The second-order valence-electron chi connectivity index (χ2n) is 5.14. The highest BCUT2D eigenvalue weighted by Crippen LogP contribution is 2.18. The molecule has 8 heteroatoms. The van der Waals surface area contributed by atoms with Gasteiger partial charge in [0.15, 0.2) is 11.8 Å². The van der Waals surface area contributed by atoms with E-state index in [1.165, 1.54) is 12.1 Å². The van der Waals surface area contributed by atoms with Crippen molar-refractivity contribution in [2.24, 2.45) is 12.0 Å². The summed E-state index contributed by atoms with van der Waals surface area (Å²) in [6, 6.07) is 6.59. The monoisotopic (exact) mass is 350 g/mol. The van der Waals surface area contributed by atoms with Crippen LogP contribution >= 0.6 is 11.8 Å². The second-order valence-corrected chi connectivity index (χ2v) is 6.30. The minimum absolute atomic E-state index is 0.199. The third kappa shape index (κ3) is 6.19. The Balaban J connectivity index is 1.71. The molecule has 0 aliphatic carbocycles. The van der Waals surface area contributed by atoms with Crippen molar-refractivity contribution in [2.75, 3.05) is 18.8 Å². The standard InChI is InChI=1S/C16H23FN6S/c1-3-18-16(20-11-15-22-21-12-23(15)2)19-9-4-10-24-14-7-5-13(17)6-8-14/h5-8,12H,3-4,9-11H2,1-2H3,(H2,18,19,20). The van der Waals surface area contributed by atoms with Crippen molar-refractivity contribution in [1.82, 2.24) is 25.4 Å². The SMILES string of the molecule is CCNC(=NCc1nncn1C)NCCCSc1ccc(F)cc1. The molecule has 6 nitrogen and oxygen atoms in total. The van der Waals surface area contributed by atoms with Crippen LogP contribution in [0.3, 0.4) is 0 Å². The van der Waals surface area contributed by atoms with E-state index >= 15 is 0 Å². The molecule has 24 heavy (non-hydrogen) atoms. The highest BCUT2D eigenvalue weighted by atomic mass is 32.2. The molecule has 130 valence electrons. The van der Waals surface area contributed by atoms with E-state index in [2.05, 4.69) is 25.8 Å². The summed E-state index contributed by atoms with van der Waals surface area (Å²) < 4.78 is 14.7. The smallest absolute Gasteiger partial charge is 0.191 e. The Bertz CT molecular complexity index is 640. The minimum atomic E-state index is -0.199. The molecule has 0 radical (unpaired) electrons. The van der Waals surface area contributed by atoms with Crippen molar-refractivity contribution in [1.29, 1.82) is 0 Å². The zero-order chi connectivity index (χ0) is 17.2. The van der Waals surface area contributed by atoms with Gasteiger partial charge in [0, 0.05) is 25.0 Å². The average molecular weight is 350 g/mol. The predicted molar refractivity (Wildman–Crippen MR) is 95.6 cm³/mol. The molecule has 0 saturated heterocycles. The van der Waals surface area contributed by atoms with Crippen LogP contribution in [-0.4, -0.2) is 39.6 Å². The largest absolute Gasteiger partial charge is 0.357 e. The Kier molecular flexibility index (Phi) is 7.54. The first-order valence-corrected chi connectivity index (χ1v) is 8.91. The number of rotatable bonds is 8. The van der Waals surface area contributed by atoms with Gasteiger partial charge in [-0.25, -0.2) is 9.38 Å². The summed E-state index contributed by atoms with van der Waals surface area (Å²) in [5.41, 5.74) is 0. The number of hydrogen-bond donors (Lipinski definition) is 2. The number of guanidine groups is 1. The van der Waals surface area contributed by atoms with Crippen molar-refractivity contribution >= 4 is 17.7 Å². The van der Waals surface area contributed by atoms with Crippen molar-refractivity contribution in [2.45, 2.75) is 24.8 Å². The topological polar surface area (TPSA) is 67.1 Å². The molecule has 2 N–H and O–H groups in total. The van der Waals surface area contributed by atoms with Crippen LogP contribution in [0.5, 0.6) is 0 Å². The van der Waals surface area contributed by atoms with Crippen LogP contribution in [0.25, 0.3) is 0 Å². The molecule has 2 rings (SSSR count). The predicted octanol–water partition coefficient (Wildman–Crippen LogP) is 2.19. The molecule has 1 aromatic carbocycles. The molecule has 0 unspecified atom stereocenters. The van der Waals surface area contributed by atoms with Gasteiger partial charge >= 0.3 is 0 Å². The van der Waals surface area contributed by atoms with E-state index < -0.39 is 0 Å². The normalized spacial score (nSPS) is 11.5. The highest BCUT2D eigenvalue weighted by Gasteiger charge is 2.01. The molecule has 0 aliphatic rings. The van der Waals surface area contributed by atoms with E-state index in [0.29, 0.717) is 6.54 Å². The van der Waals surface area contributed by atoms with Gasteiger partial charge in [-0.2, -0.15) is 0 Å². The van der Waals surface area contributed by atoms with Crippen LogP contribution in [0, 0.1) is 5.82 Å². The first-order valence-electron chi connectivity index (χ1n) is 7.92. The lowest BCUT2D eigenvalue weighted by Gasteiger charge is -2.11. The number of halogens is 1. The van der Waals surface area contributed by atoms with Crippen LogP contribution in [-0.2, 0) is 13.6 Å². The summed E-state index contributed by atoms with van der Waals surface area (Å²) in [7, 11) is 1.90. The lowest BCUT2D eigenvalue weighted by atomic mass is 10.4. The maximum Gasteiger partial charge on any atom is 0.191 e. The van der Waals surface area contributed by atoms with Crippen LogP contribution in [0.1, 0.15) is 19.2 Å². The van der Waals surface area contributed by atoms with E-state index in [9.17, 15) is 4.39 Å². The minimum Gasteiger partial charge on any atom is -0.357 e. The molecule has 0 spiro atoms. The van der Waals surface area contributed by atoms with Gasteiger partial charge < -0.3 is 15.2 Å². The average Bonchev–Trinajstić information content (AvgIpc) is 2.99. The van der Waals surface area contributed by atoms with Gasteiger partial charge in [0.2, 0.25) is 0 Å². The Morgan fingerprint density at radius 2 is 2.08 bits per heavy atom. The Hall–Kier alpha value is -2.09. The zero-order valence-corrected chi connectivity index (χ0v) is 14.8. The lowest BCUT2D eigenvalue weighted by molar-refractivity contribution is 0.626. The molecule has 2 aromatic rings. The van der Waals surface area contributed by atoms with Crippen molar-refractivity contribution in [3.05, 3.63) is 42.2 Å². The first-order chi connectivity index (χ1) is 11.7. The molecule has 0 fully saturated rings. The summed E-state index contributed by atoms with van der Waals surface area (Å²) in [5.74, 6) is 2.35. The quantitative estimate of drug-likeness (QED) is 0.331. The van der Waals surface area contributed by atoms with Gasteiger partial charge in [0.25, 0.3) is 0 Å². The van der Waals surface area contributed by atoms with Gasteiger partial charge in [-0.05, 0) is 43.4 Å². The molecule has 0 amide bonds. The summed E-state index contributed by atoms with van der Waals surface area (Å²) in [4.78, 5) is 5.59. The molecule has 1 heterocycles.